The summed E-state index contributed by atoms with van der Waals surface area (Å²) in [6.45, 7) is 6.69. The summed E-state index contributed by atoms with van der Waals surface area (Å²) in [5, 5.41) is 4.98. The molecule has 0 saturated carbocycles. The Morgan fingerprint density at radius 2 is 1.95 bits per heavy atom. The summed E-state index contributed by atoms with van der Waals surface area (Å²) < 4.78 is 27.5. The van der Waals surface area contributed by atoms with Gasteiger partial charge in [0.25, 0.3) is 0 Å². The number of sulfonamides is 1. The molecule has 4 nitrogen and oxygen atoms in total. The Morgan fingerprint density at radius 3 is 2.58 bits per heavy atom. The smallest absolute Gasteiger partial charge is 0.209 e. The van der Waals surface area contributed by atoms with Crippen LogP contribution in [0, 0.1) is 19.8 Å². The molecule has 0 aliphatic rings. The highest BCUT2D eigenvalue weighted by molar-refractivity contribution is 7.89. The van der Waals surface area contributed by atoms with Gasteiger partial charge in [0.15, 0.2) is 0 Å². The van der Waals surface area contributed by atoms with Crippen LogP contribution in [-0.2, 0) is 10.0 Å². The topological polar surface area (TPSA) is 69.4 Å². The molecule has 0 aromatic heterocycles. The minimum absolute atomic E-state index is 0.0393. The molecule has 1 unspecified atom stereocenters. The lowest BCUT2D eigenvalue weighted by molar-refractivity contribution is 0.280. The molecule has 0 spiro atoms. The fourth-order valence-electron chi connectivity index (χ4n) is 1.76. The number of hydrogen-bond acceptors (Lipinski definition) is 3. The first kappa shape index (κ1) is 16.0. The van der Waals surface area contributed by atoms with Crippen LogP contribution in [0.4, 0.5) is 0 Å². The first-order valence-electron chi connectivity index (χ1n) is 6.49. The molecule has 0 aliphatic heterocycles. The molecular weight excluding hydrogens is 262 g/mol. The lowest BCUT2D eigenvalue weighted by atomic mass is 10.1. The maximum absolute atomic E-state index is 10.9. The Bertz CT molecular complexity index is 511. The highest BCUT2D eigenvalue weighted by Crippen LogP contribution is 2.21. The van der Waals surface area contributed by atoms with Crippen molar-refractivity contribution in [3.63, 3.8) is 0 Å². The van der Waals surface area contributed by atoms with E-state index < -0.39 is 10.0 Å². The molecule has 0 heterocycles. The van der Waals surface area contributed by atoms with Gasteiger partial charge in [-0.05, 0) is 49.8 Å². The van der Waals surface area contributed by atoms with E-state index in [9.17, 15) is 8.42 Å². The third kappa shape index (κ3) is 6.07. The van der Waals surface area contributed by atoms with Crippen molar-refractivity contribution in [2.75, 3.05) is 12.4 Å². The van der Waals surface area contributed by atoms with Crippen LogP contribution in [0.1, 0.15) is 30.9 Å². The van der Waals surface area contributed by atoms with Crippen LogP contribution < -0.4 is 9.88 Å². The first-order chi connectivity index (χ1) is 8.79. The molecule has 2 N–H and O–H groups in total. The fourth-order valence-corrected chi connectivity index (χ4v) is 2.49. The van der Waals surface area contributed by atoms with Crippen LogP contribution in [-0.4, -0.2) is 20.8 Å². The molecule has 1 rings (SSSR count). The van der Waals surface area contributed by atoms with Gasteiger partial charge in [0.05, 0.1) is 12.4 Å². The summed E-state index contributed by atoms with van der Waals surface area (Å²) in [6.07, 6.45) is 1.40. The molecule has 0 bridgehead atoms. The van der Waals surface area contributed by atoms with Crippen molar-refractivity contribution in [2.45, 2.75) is 33.6 Å². The molecule has 0 fully saturated rings. The lowest BCUT2D eigenvalue weighted by Gasteiger charge is -2.14. The van der Waals surface area contributed by atoms with Gasteiger partial charge in [0.1, 0.15) is 5.75 Å². The van der Waals surface area contributed by atoms with Gasteiger partial charge in [-0.3, -0.25) is 0 Å². The van der Waals surface area contributed by atoms with Crippen molar-refractivity contribution in [1.82, 2.24) is 0 Å². The van der Waals surface area contributed by atoms with Crippen LogP contribution in [0.5, 0.6) is 5.75 Å². The maximum atomic E-state index is 10.9. The molecule has 0 saturated heterocycles. The van der Waals surface area contributed by atoms with Gasteiger partial charge < -0.3 is 4.74 Å². The standard InChI is InChI=1S/C14H23NO3S/c1-11(8-10-19(15,16)17)7-9-18-14-6-4-5-12(2)13(14)3/h4-6,11H,7-10H2,1-3H3,(H2,15,16,17). The molecule has 1 atom stereocenters. The number of aryl methyl sites for hydroxylation is 1. The molecule has 0 aliphatic carbocycles. The van der Waals surface area contributed by atoms with E-state index in [1.807, 2.05) is 26.0 Å². The van der Waals surface area contributed by atoms with Gasteiger partial charge in [-0.2, -0.15) is 0 Å². The van der Waals surface area contributed by atoms with Gasteiger partial charge in [-0.15, -0.1) is 0 Å². The van der Waals surface area contributed by atoms with E-state index in [2.05, 4.69) is 13.0 Å². The molecule has 108 valence electrons. The zero-order valence-corrected chi connectivity index (χ0v) is 12.7. The summed E-state index contributed by atoms with van der Waals surface area (Å²) in [5.74, 6) is 1.22. The predicted molar refractivity (Wildman–Crippen MR) is 77.8 cm³/mol. The SMILES string of the molecule is Cc1cccc(OCCC(C)CCS(N)(=O)=O)c1C. The molecule has 1 aromatic rings. The van der Waals surface area contributed by atoms with Crippen molar-refractivity contribution in [2.24, 2.45) is 11.1 Å². The average Bonchev–Trinajstić information content (AvgIpc) is 2.31. The van der Waals surface area contributed by atoms with Crippen LogP contribution in [0.25, 0.3) is 0 Å². The zero-order valence-electron chi connectivity index (χ0n) is 11.8. The Kier molecular flexibility index (Phi) is 5.82. The summed E-state index contributed by atoms with van der Waals surface area (Å²) >= 11 is 0. The Labute approximate surface area is 116 Å². The highest BCUT2D eigenvalue weighted by atomic mass is 32.2. The minimum atomic E-state index is -3.35. The molecule has 0 amide bonds. The zero-order chi connectivity index (χ0) is 14.5. The molecule has 5 heteroatoms. The Balaban J connectivity index is 2.36. The fraction of sp³-hybridized carbons (Fsp3) is 0.571. The molecule has 1 aromatic carbocycles. The van der Waals surface area contributed by atoms with E-state index >= 15 is 0 Å². The number of nitrogens with two attached hydrogens (primary N) is 1. The van der Waals surface area contributed by atoms with Crippen molar-refractivity contribution in [3.8, 4) is 5.75 Å². The summed E-state index contributed by atoms with van der Waals surface area (Å²) in [6, 6.07) is 5.98. The third-order valence-electron chi connectivity index (χ3n) is 3.32. The number of ether oxygens (including phenoxy) is 1. The Morgan fingerprint density at radius 1 is 1.26 bits per heavy atom. The number of rotatable bonds is 7. The van der Waals surface area contributed by atoms with E-state index in [4.69, 9.17) is 9.88 Å². The normalized spacial score (nSPS) is 13.3. The second-order valence-electron chi connectivity index (χ2n) is 5.10. The minimum Gasteiger partial charge on any atom is -0.493 e. The van der Waals surface area contributed by atoms with Gasteiger partial charge >= 0.3 is 0 Å². The number of primary sulfonamides is 1. The largest absolute Gasteiger partial charge is 0.493 e. The summed E-state index contributed by atoms with van der Waals surface area (Å²) in [5.41, 5.74) is 2.36. The van der Waals surface area contributed by atoms with Crippen molar-refractivity contribution >= 4 is 10.0 Å². The summed E-state index contributed by atoms with van der Waals surface area (Å²) in [4.78, 5) is 0. The second kappa shape index (κ2) is 6.91. The molecular formula is C14H23NO3S. The van der Waals surface area contributed by atoms with E-state index in [0.29, 0.717) is 13.0 Å². The van der Waals surface area contributed by atoms with E-state index in [1.165, 1.54) is 5.56 Å². The monoisotopic (exact) mass is 285 g/mol. The lowest BCUT2D eigenvalue weighted by Crippen LogP contribution is -2.18. The van der Waals surface area contributed by atoms with Gasteiger partial charge in [-0.1, -0.05) is 19.1 Å². The van der Waals surface area contributed by atoms with Gasteiger partial charge in [0.2, 0.25) is 10.0 Å². The quantitative estimate of drug-likeness (QED) is 0.836. The maximum Gasteiger partial charge on any atom is 0.209 e. The van der Waals surface area contributed by atoms with Crippen LogP contribution in [0.2, 0.25) is 0 Å². The number of benzene rings is 1. The number of hydrogen-bond donors (Lipinski definition) is 1. The molecule has 0 radical (unpaired) electrons. The van der Waals surface area contributed by atoms with E-state index in [0.717, 1.165) is 17.7 Å². The van der Waals surface area contributed by atoms with Gasteiger partial charge in [-0.25, -0.2) is 13.6 Å². The highest BCUT2D eigenvalue weighted by Gasteiger charge is 2.09. The second-order valence-corrected chi connectivity index (χ2v) is 6.83. The first-order valence-corrected chi connectivity index (χ1v) is 8.20. The Hall–Kier alpha value is -1.07. The van der Waals surface area contributed by atoms with Crippen molar-refractivity contribution in [3.05, 3.63) is 29.3 Å². The third-order valence-corrected chi connectivity index (χ3v) is 4.12. The van der Waals surface area contributed by atoms with E-state index in [-0.39, 0.29) is 11.7 Å². The van der Waals surface area contributed by atoms with Crippen LogP contribution in [0.15, 0.2) is 18.2 Å². The summed E-state index contributed by atoms with van der Waals surface area (Å²) in [7, 11) is -3.35. The van der Waals surface area contributed by atoms with Gasteiger partial charge in [0, 0.05) is 0 Å². The predicted octanol–water partition coefficient (Wildman–Crippen LogP) is 2.39. The van der Waals surface area contributed by atoms with Crippen LogP contribution >= 0.6 is 0 Å². The van der Waals surface area contributed by atoms with E-state index in [1.54, 1.807) is 0 Å². The average molecular weight is 285 g/mol. The van der Waals surface area contributed by atoms with Crippen molar-refractivity contribution < 1.29 is 13.2 Å². The van der Waals surface area contributed by atoms with Crippen LogP contribution in [0.3, 0.4) is 0 Å². The van der Waals surface area contributed by atoms with Crippen molar-refractivity contribution in [1.29, 1.82) is 0 Å². The molecule has 19 heavy (non-hydrogen) atoms.